The van der Waals surface area contributed by atoms with Crippen LogP contribution in [-0.2, 0) is 14.6 Å². The zero-order chi connectivity index (χ0) is 7.98. The summed E-state index contributed by atoms with van der Waals surface area (Å²) in [6.07, 6.45) is -0.828. The summed E-state index contributed by atoms with van der Waals surface area (Å²) in [4.78, 5) is 0. The molecule has 0 saturated carbocycles. The van der Waals surface area contributed by atoms with E-state index >= 15 is 0 Å². The molecule has 61 valence electrons. The van der Waals surface area contributed by atoms with Gasteiger partial charge in [0.2, 0.25) is 0 Å². The van der Waals surface area contributed by atoms with Gasteiger partial charge < -0.3 is 9.47 Å². The van der Waals surface area contributed by atoms with E-state index in [2.05, 4.69) is 0 Å². The highest BCUT2D eigenvalue weighted by molar-refractivity contribution is 4.36. The smallest absolute Gasteiger partial charge is 0.194 e. The van der Waals surface area contributed by atoms with E-state index in [1.165, 1.54) is 0 Å². The first-order chi connectivity index (χ1) is 4.70. The van der Waals surface area contributed by atoms with Gasteiger partial charge in [0.1, 0.15) is 0 Å². The zero-order valence-electron chi connectivity index (χ0n) is 6.79. The van der Waals surface area contributed by atoms with Crippen molar-refractivity contribution in [2.24, 2.45) is 0 Å². The van der Waals surface area contributed by atoms with Crippen molar-refractivity contribution in [1.29, 1.82) is 0 Å². The summed E-state index contributed by atoms with van der Waals surface area (Å²) in [5, 5.41) is 10.7. The Kier molecular flexibility index (Phi) is 5.58. The molecule has 0 heterocycles. The molecule has 0 rings (SSSR count). The van der Waals surface area contributed by atoms with E-state index in [1.807, 2.05) is 6.92 Å². The second kappa shape index (κ2) is 5.65. The van der Waals surface area contributed by atoms with E-state index < -0.39 is 6.29 Å². The first-order valence-corrected chi connectivity index (χ1v) is 3.63. The summed E-state index contributed by atoms with van der Waals surface area (Å²) < 4.78 is 9.85. The van der Waals surface area contributed by atoms with Crippen molar-refractivity contribution in [2.75, 3.05) is 6.61 Å². The van der Waals surface area contributed by atoms with Gasteiger partial charge in [0.25, 0.3) is 0 Å². The Hall–Kier alpha value is -0.120. The van der Waals surface area contributed by atoms with Gasteiger partial charge in [-0.05, 0) is 20.3 Å². The summed E-state index contributed by atoms with van der Waals surface area (Å²) in [5.74, 6) is 0. The Balaban J connectivity index is 3.27. The van der Waals surface area contributed by atoms with Crippen molar-refractivity contribution >= 4 is 0 Å². The van der Waals surface area contributed by atoms with Crippen LogP contribution in [0.1, 0.15) is 27.2 Å². The zero-order valence-corrected chi connectivity index (χ0v) is 6.79. The molecule has 0 aliphatic rings. The molecule has 0 spiro atoms. The monoisotopic (exact) mass is 147 g/mol. The highest BCUT2D eigenvalue weighted by atomic mass is 16.7. The maximum Gasteiger partial charge on any atom is 0.194 e. The molecule has 0 N–H and O–H groups in total. The van der Waals surface area contributed by atoms with Crippen molar-refractivity contribution in [1.82, 2.24) is 0 Å². The van der Waals surface area contributed by atoms with Gasteiger partial charge in [0.15, 0.2) is 12.6 Å². The molecule has 0 bridgehead atoms. The Labute approximate surface area is 62.0 Å². The van der Waals surface area contributed by atoms with E-state index in [1.54, 1.807) is 13.8 Å². The van der Waals surface area contributed by atoms with Gasteiger partial charge in [-0.3, -0.25) is 0 Å². The molecule has 3 nitrogen and oxygen atoms in total. The molecule has 1 radical (unpaired) electrons. The topological polar surface area (TPSA) is 38.4 Å². The molecule has 0 fully saturated rings. The van der Waals surface area contributed by atoms with E-state index in [4.69, 9.17) is 9.47 Å². The standard InChI is InChI=1S/C7H15O3/c1-4-7(8)10-6(3)9-5-2/h6-7H,4-5H2,1-3H3. The molecule has 0 aromatic heterocycles. The van der Waals surface area contributed by atoms with Crippen LogP contribution in [0.2, 0.25) is 0 Å². The van der Waals surface area contributed by atoms with Crippen LogP contribution >= 0.6 is 0 Å². The Morgan fingerprint density at radius 2 is 2.00 bits per heavy atom. The van der Waals surface area contributed by atoms with Crippen LogP contribution in [-0.4, -0.2) is 19.2 Å². The molecule has 3 heteroatoms. The van der Waals surface area contributed by atoms with Crippen LogP contribution in [0.5, 0.6) is 0 Å². The van der Waals surface area contributed by atoms with Crippen molar-refractivity contribution in [3.63, 3.8) is 0 Å². The molecule has 0 aromatic rings. The Morgan fingerprint density at radius 1 is 1.40 bits per heavy atom. The van der Waals surface area contributed by atoms with Crippen LogP contribution in [0.15, 0.2) is 0 Å². The third-order valence-corrected chi connectivity index (χ3v) is 1.08. The van der Waals surface area contributed by atoms with Crippen LogP contribution < -0.4 is 0 Å². The maximum atomic E-state index is 10.7. The van der Waals surface area contributed by atoms with Crippen LogP contribution in [0.4, 0.5) is 0 Å². The number of rotatable bonds is 5. The second-order valence-electron chi connectivity index (χ2n) is 2.00. The first-order valence-electron chi connectivity index (χ1n) is 3.63. The maximum absolute atomic E-state index is 10.7. The van der Waals surface area contributed by atoms with Gasteiger partial charge in [0.05, 0.1) is 0 Å². The molecule has 0 saturated heterocycles. The van der Waals surface area contributed by atoms with Crippen LogP contribution in [0.3, 0.4) is 0 Å². The number of hydrogen-bond donors (Lipinski definition) is 0. The van der Waals surface area contributed by atoms with Gasteiger partial charge in [-0.1, -0.05) is 6.92 Å². The molecule has 0 aromatic carbocycles. The van der Waals surface area contributed by atoms with Gasteiger partial charge in [-0.2, -0.15) is 0 Å². The van der Waals surface area contributed by atoms with E-state index in [-0.39, 0.29) is 6.29 Å². The third kappa shape index (κ3) is 4.73. The molecular formula is C7H15O3. The molecule has 0 aliphatic carbocycles. The molecule has 10 heavy (non-hydrogen) atoms. The van der Waals surface area contributed by atoms with E-state index in [0.717, 1.165) is 0 Å². The summed E-state index contributed by atoms with van der Waals surface area (Å²) in [6, 6.07) is 0. The summed E-state index contributed by atoms with van der Waals surface area (Å²) >= 11 is 0. The normalized spacial score (nSPS) is 16.8. The van der Waals surface area contributed by atoms with Crippen LogP contribution in [0.25, 0.3) is 0 Å². The third-order valence-electron chi connectivity index (χ3n) is 1.08. The minimum absolute atomic E-state index is 0.368. The van der Waals surface area contributed by atoms with E-state index in [9.17, 15) is 5.11 Å². The number of ether oxygens (including phenoxy) is 2. The summed E-state index contributed by atoms with van der Waals surface area (Å²) in [6.45, 7) is 5.96. The molecule has 0 aliphatic heterocycles. The van der Waals surface area contributed by atoms with Crippen molar-refractivity contribution in [2.45, 2.75) is 39.8 Å². The van der Waals surface area contributed by atoms with Gasteiger partial charge in [-0.15, -0.1) is 0 Å². The van der Waals surface area contributed by atoms with Crippen LogP contribution in [0, 0.1) is 0 Å². The van der Waals surface area contributed by atoms with Crippen molar-refractivity contribution in [3.8, 4) is 0 Å². The predicted molar refractivity (Wildman–Crippen MR) is 36.9 cm³/mol. The quantitative estimate of drug-likeness (QED) is 0.553. The lowest BCUT2D eigenvalue weighted by Gasteiger charge is -2.14. The van der Waals surface area contributed by atoms with E-state index in [0.29, 0.717) is 13.0 Å². The fourth-order valence-corrected chi connectivity index (χ4v) is 0.584. The lowest BCUT2D eigenvalue weighted by molar-refractivity contribution is -0.239. The lowest BCUT2D eigenvalue weighted by Crippen LogP contribution is -2.20. The molecule has 2 unspecified atom stereocenters. The SMILES string of the molecule is CCOC(C)OC([O])CC. The largest absolute Gasteiger partial charge is 0.353 e. The summed E-state index contributed by atoms with van der Waals surface area (Å²) in [5.41, 5.74) is 0. The van der Waals surface area contributed by atoms with Crippen molar-refractivity contribution < 1.29 is 14.6 Å². The Morgan fingerprint density at radius 3 is 2.40 bits per heavy atom. The second-order valence-corrected chi connectivity index (χ2v) is 2.00. The highest BCUT2D eigenvalue weighted by Crippen LogP contribution is 2.00. The fourth-order valence-electron chi connectivity index (χ4n) is 0.584. The predicted octanol–water partition coefficient (Wildman–Crippen LogP) is 1.55. The average Bonchev–Trinajstić information content (AvgIpc) is 1.88. The Bertz CT molecular complexity index is 75.3. The highest BCUT2D eigenvalue weighted by Gasteiger charge is 2.07. The first kappa shape index (κ1) is 9.88. The average molecular weight is 147 g/mol. The molecule has 0 amide bonds. The van der Waals surface area contributed by atoms with Gasteiger partial charge in [-0.25, -0.2) is 5.11 Å². The van der Waals surface area contributed by atoms with Gasteiger partial charge >= 0.3 is 0 Å². The molecular weight excluding hydrogens is 132 g/mol. The molecule has 2 atom stereocenters. The fraction of sp³-hybridized carbons (Fsp3) is 1.00. The summed E-state index contributed by atoms with van der Waals surface area (Å²) in [7, 11) is 0. The minimum atomic E-state index is -0.943. The number of hydrogen-bond acceptors (Lipinski definition) is 2. The van der Waals surface area contributed by atoms with Crippen molar-refractivity contribution in [3.05, 3.63) is 0 Å². The van der Waals surface area contributed by atoms with Gasteiger partial charge in [0, 0.05) is 6.61 Å². The minimum Gasteiger partial charge on any atom is -0.353 e. The lowest BCUT2D eigenvalue weighted by atomic mass is 10.5.